The zero-order chi connectivity index (χ0) is 21.7. The first-order chi connectivity index (χ1) is 14.2. The van der Waals surface area contributed by atoms with Gasteiger partial charge in [0.2, 0.25) is 0 Å². The number of allylic oxidation sites excluding steroid dienone is 1. The number of aliphatic hydroxyl groups is 2. The van der Waals surface area contributed by atoms with Crippen LogP contribution in [0.5, 0.6) is 0 Å². The molecule has 0 bridgehead atoms. The van der Waals surface area contributed by atoms with Crippen molar-refractivity contribution in [2.75, 3.05) is 0 Å². The van der Waals surface area contributed by atoms with Crippen molar-refractivity contribution in [2.24, 2.45) is 46.3 Å². The zero-order valence-corrected chi connectivity index (χ0v) is 19.1. The second-order valence-electron chi connectivity index (χ2n) is 11.7. The van der Waals surface area contributed by atoms with E-state index in [1.54, 1.807) is 6.08 Å². The summed E-state index contributed by atoms with van der Waals surface area (Å²) in [6, 6.07) is 0. The number of aliphatic hydroxyl groups excluding tert-OH is 2. The van der Waals surface area contributed by atoms with Crippen molar-refractivity contribution in [1.29, 1.82) is 0 Å². The lowest BCUT2D eigenvalue weighted by Gasteiger charge is -2.62. The van der Waals surface area contributed by atoms with Crippen LogP contribution < -0.4 is 0 Å². The first-order valence-electron chi connectivity index (χ1n) is 12.4. The largest absolute Gasteiger partial charge is 0.478 e. The van der Waals surface area contributed by atoms with Crippen LogP contribution in [0, 0.1) is 46.3 Å². The molecule has 0 aliphatic heterocycles. The summed E-state index contributed by atoms with van der Waals surface area (Å²) in [5, 5.41) is 30.6. The summed E-state index contributed by atoms with van der Waals surface area (Å²) in [5.74, 6) is 2.71. The molecular weight excluding hydrogens is 376 g/mol. The standard InChI is InChI=1S/C26H42O4/c1-16(6-4-5-7-24(29)30)20-10-11-21-19-9-8-17-14-18(27)12-13-25(17,2)22(19)15-23(28)26(20,21)3/h5,7,16-23,27-28H,4,6,8-15H2,1-3H3,(H,29,30)/t16?,17-,18-,19?,20-,21+,22?,23+,25+,26-/m1/s1. The Kier molecular flexibility index (Phi) is 6.13. The van der Waals surface area contributed by atoms with Gasteiger partial charge in [0, 0.05) is 6.08 Å². The SMILES string of the molecule is CC(CCC=CC(=O)O)[C@H]1CC[C@H]2C3CC[C@@H]4C[C@H](O)CC[C@]4(C)C3C[C@H](O)[C@]12C. The van der Waals surface area contributed by atoms with Crippen LogP contribution in [-0.4, -0.2) is 33.5 Å². The summed E-state index contributed by atoms with van der Waals surface area (Å²) in [6.07, 6.45) is 13.4. The molecular formula is C26H42O4. The molecule has 0 aromatic carbocycles. The average molecular weight is 419 g/mol. The zero-order valence-electron chi connectivity index (χ0n) is 19.1. The van der Waals surface area contributed by atoms with E-state index >= 15 is 0 Å². The summed E-state index contributed by atoms with van der Waals surface area (Å²) < 4.78 is 0. The normalized spacial score (nSPS) is 49.3. The molecule has 3 unspecified atom stereocenters. The lowest BCUT2D eigenvalue weighted by molar-refractivity contribution is -0.174. The number of aliphatic carboxylic acids is 1. The maximum atomic E-state index is 11.6. The monoisotopic (exact) mass is 418 g/mol. The number of carboxylic acid groups (broad SMARTS) is 1. The minimum atomic E-state index is -0.872. The van der Waals surface area contributed by atoms with Gasteiger partial charge in [-0.3, -0.25) is 0 Å². The summed E-state index contributed by atoms with van der Waals surface area (Å²) in [4.78, 5) is 10.7. The first-order valence-corrected chi connectivity index (χ1v) is 12.4. The Balaban J connectivity index is 1.50. The predicted octanol–water partition coefficient (Wildman–Crippen LogP) is 5.03. The maximum absolute atomic E-state index is 11.6. The summed E-state index contributed by atoms with van der Waals surface area (Å²) in [6.45, 7) is 7.16. The smallest absolute Gasteiger partial charge is 0.327 e. The third-order valence-corrected chi connectivity index (χ3v) is 10.6. The predicted molar refractivity (Wildman–Crippen MR) is 118 cm³/mol. The fourth-order valence-corrected chi connectivity index (χ4v) is 8.90. The molecule has 3 N–H and O–H groups in total. The molecule has 4 rings (SSSR count). The maximum Gasteiger partial charge on any atom is 0.327 e. The van der Waals surface area contributed by atoms with Crippen LogP contribution in [0.15, 0.2) is 12.2 Å². The van der Waals surface area contributed by atoms with Crippen molar-refractivity contribution >= 4 is 5.97 Å². The summed E-state index contributed by atoms with van der Waals surface area (Å²) in [7, 11) is 0. The molecule has 10 atom stereocenters. The van der Waals surface area contributed by atoms with Gasteiger partial charge in [0.1, 0.15) is 0 Å². The van der Waals surface area contributed by atoms with E-state index in [9.17, 15) is 15.0 Å². The Morgan fingerprint density at radius 3 is 2.57 bits per heavy atom. The van der Waals surface area contributed by atoms with Crippen LogP contribution in [0.4, 0.5) is 0 Å². The number of carboxylic acids is 1. The molecule has 4 heteroatoms. The number of carbonyl (C=O) groups is 1. The second-order valence-corrected chi connectivity index (χ2v) is 11.7. The minimum Gasteiger partial charge on any atom is -0.478 e. The van der Waals surface area contributed by atoms with Gasteiger partial charge < -0.3 is 15.3 Å². The molecule has 0 aromatic rings. The van der Waals surface area contributed by atoms with Crippen molar-refractivity contribution < 1.29 is 20.1 Å². The van der Waals surface area contributed by atoms with E-state index < -0.39 is 5.97 Å². The lowest BCUT2D eigenvalue weighted by Crippen LogP contribution is -2.58. The Morgan fingerprint density at radius 2 is 1.83 bits per heavy atom. The van der Waals surface area contributed by atoms with Crippen LogP contribution in [0.25, 0.3) is 0 Å². The first kappa shape index (κ1) is 22.3. The average Bonchev–Trinajstić information content (AvgIpc) is 3.05. The molecule has 30 heavy (non-hydrogen) atoms. The Labute approximate surface area is 182 Å². The molecule has 170 valence electrons. The van der Waals surface area contributed by atoms with Crippen molar-refractivity contribution in [2.45, 2.75) is 97.2 Å². The van der Waals surface area contributed by atoms with E-state index in [1.165, 1.54) is 31.8 Å². The molecule has 4 aliphatic carbocycles. The van der Waals surface area contributed by atoms with Gasteiger partial charge in [-0.2, -0.15) is 0 Å². The van der Waals surface area contributed by atoms with Crippen LogP contribution in [-0.2, 0) is 4.79 Å². The fraction of sp³-hybridized carbons (Fsp3) is 0.885. The van der Waals surface area contributed by atoms with Gasteiger partial charge in [0.25, 0.3) is 0 Å². The van der Waals surface area contributed by atoms with E-state index in [0.717, 1.165) is 44.4 Å². The number of hydrogen-bond acceptors (Lipinski definition) is 3. The van der Waals surface area contributed by atoms with Gasteiger partial charge in [-0.25, -0.2) is 4.79 Å². The molecule has 0 amide bonds. The molecule has 0 radical (unpaired) electrons. The van der Waals surface area contributed by atoms with Gasteiger partial charge in [0.15, 0.2) is 0 Å². The van der Waals surface area contributed by atoms with Gasteiger partial charge in [-0.05, 0) is 111 Å². The number of fused-ring (bicyclic) bond motifs is 5. The fourth-order valence-electron chi connectivity index (χ4n) is 8.90. The van der Waals surface area contributed by atoms with E-state index in [1.807, 2.05) is 0 Å². The van der Waals surface area contributed by atoms with Gasteiger partial charge in [0.05, 0.1) is 12.2 Å². The van der Waals surface area contributed by atoms with E-state index in [0.29, 0.717) is 29.6 Å². The highest BCUT2D eigenvalue weighted by molar-refractivity contribution is 5.79. The van der Waals surface area contributed by atoms with Crippen LogP contribution in [0.2, 0.25) is 0 Å². The Morgan fingerprint density at radius 1 is 1.07 bits per heavy atom. The third kappa shape index (κ3) is 3.56. The van der Waals surface area contributed by atoms with Crippen LogP contribution in [0.3, 0.4) is 0 Å². The highest BCUT2D eigenvalue weighted by Gasteiger charge is 2.63. The molecule has 4 nitrogen and oxygen atoms in total. The van der Waals surface area contributed by atoms with Gasteiger partial charge in [-0.15, -0.1) is 0 Å². The molecule has 4 aliphatic rings. The minimum absolute atomic E-state index is 0.00548. The molecule has 0 spiro atoms. The van der Waals surface area contributed by atoms with Gasteiger partial charge >= 0.3 is 5.97 Å². The molecule has 0 saturated heterocycles. The second kappa shape index (κ2) is 8.24. The molecule has 4 fully saturated rings. The van der Waals surface area contributed by atoms with Crippen LogP contribution in [0.1, 0.15) is 85.0 Å². The van der Waals surface area contributed by atoms with E-state index in [2.05, 4.69) is 20.8 Å². The van der Waals surface area contributed by atoms with E-state index in [-0.39, 0.29) is 23.0 Å². The lowest BCUT2D eigenvalue weighted by atomic mass is 9.43. The van der Waals surface area contributed by atoms with Crippen molar-refractivity contribution in [3.8, 4) is 0 Å². The van der Waals surface area contributed by atoms with Gasteiger partial charge in [-0.1, -0.05) is 26.8 Å². The topological polar surface area (TPSA) is 77.8 Å². The highest BCUT2D eigenvalue weighted by Crippen LogP contribution is 2.68. The van der Waals surface area contributed by atoms with Crippen molar-refractivity contribution in [1.82, 2.24) is 0 Å². The molecule has 0 aromatic heterocycles. The van der Waals surface area contributed by atoms with Crippen molar-refractivity contribution in [3.05, 3.63) is 12.2 Å². The Bertz CT molecular complexity index is 674. The molecule has 0 heterocycles. The summed E-state index contributed by atoms with van der Waals surface area (Å²) in [5.41, 5.74) is 0.282. The van der Waals surface area contributed by atoms with E-state index in [4.69, 9.17) is 5.11 Å². The number of rotatable bonds is 5. The van der Waals surface area contributed by atoms with Crippen LogP contribution >= 0.6 is 0 Å². The quantitative estimate of drug-likeness (QED) is 0.547. The number of hydrogen-bond donors (Lipinski definition) is 3. The highest BCUT2D eigenvalue weighted by atomic mass is 16.4. The molecule has 4 saturated carbocycles. The summed E-state index contributed by atoms with van der Waals surface area (Å²) >= 11 is 0. The third-order valence-electron chi connectivity index (χ3n) is 10.6. The van der Waals surface area contributed by atoms with Crippen molar-refractivity contribution in [3.63, 3.8) is 0 Å². The Hall–Kier alpha value is -0.870.